The molecule has 0 atom stereocenters. The third-order valence-electron chi connectivity index (χ3n) is 9.33. The fourth-order valence-electron chi connectivity index (χ4n) is 7.25. The lowest BCUT2D eigenvalue weighted by molar-refractivity contribution is 0.476. The second kappa shape index (κ2) is 9.22. The number of fused-ring (bicyclic) bond motifs is 8. The van der Waals surface area contributed by atoms with Gasteiger partial charge in [-0.1, -0.05) is 109 Å². The lowest BCUT2D eigenvalue weighted by atomic mass is 9.99. The van der Waals surface area contributed by atoms with Crippen molar-refractivity contribution >= 4 is 43.6 Å². The van der Waals surface area contributed by atoms with Gasteiger partial charge in [-0.15, -0.1) is 0 Å². The van der Waals surface area contributed by atoms with E-state index in [9.17, 15) is 0 Å². The van der Waals surface area contributed by atoms with Gasteiger partial charge in [-0.2, -0.15) is 0 Å². The fraction of sp³-hybridized carbons (Fsp3) is 0. The van der Waals surface area contributed by atoms with Gasteiger partial charge in [-0.3, -0.25) is 0 Å². The Morgan fingerprint density at radius 3 is 1.62 bits per heavy atom. The molecule has 0 N–H and O–H groups in total. The zero-order chi connectivity index (χ0) is 29.5. The number of hydrogen-bond donors (Lipinski definition) is 0. The summed E-state index contributed by atoms with van der Waals surface area (Å²) in [5, 5.41) is 5.00. The molecule has 3 heterocycles. The molecular formula is C42H26N2O. The summed E-state index contributed by atoms with van der Waals surface area (Å²) in [5.74, 6) is 1.78. The summed E-state index contributed by atoms with van der Waals surface area (Å²) < 4.78 is 11.0. The van der Waals surface area contributed by atoms with Crippen LogP contribution in [0.15, 0.2) is 158 Å². The first-order chi connectivity index (χ1) is 22.3. The van der Waals surface area contributed by atoms with Crippen molar-refractivity contribution in [3.8, 4) is 45.1 Å². The number of rotatable bonds is 3. The Morgan fingerprint density at radius 2 is 0.889 bits per heavy atom. The monoisotopic (exact) mass is 574 g/mol. The Bertz CT molecular complexity index is 2550. The van der Waals surface area contributed by atoms with Crippen LogP contribution in [-0.2, 0) is 0 Å². The van der Waals surface area contributed by atoms with Crippen LogP contribution in [0.1, 0.15) is 0 Å². The van der Waals surface area contributed by atoms with Crippen molar-refractivity contribution in [1.29, 1.82) is 0 Å². The molecule has 9 aromatic rings. The molecule has 0 spiro atoms. The van der Waals surface area contributed by atoms with E-state index in [0.717, 1.165) is 22.7 Å². The largest absolute Gasteiger partial charge is 0.453 e. The van der Waals surface area contributed by atoms with Gasteiger partial charge in [0, 0.05) is 27.2 Å². The molecule has 0 fully saturated rings. The molecule has 0 amide bonds. The quantitative estimate of drug-likeness (QED) is 0.205. The summed E-state index contributed by atoms with van der Waals surface area (Å²) in [6.45, 7) is 0. The zero-order valence-corrected chi connectivity index (χ0v) is 24.3. The highest BCUT2D eigenvalue weighted by Gasteiger charge is 2.23. The summed E-state index contributed by atoms with van der Waals surface area (Å²) in [7, 11) is 0. The first-order valence-corrected chi connectivity index (χ1v) is 15.4. The van der Waals surface area contributed by atoms with E-state index in [0.29, 0.717) is 0 Å². The molecule has 0 aliphatic carbocycles. The van der Waals surface area contributed by atoms with Gasteiger partial charge in [0.15, 0.2) is 11.5 Å². The van der Waals surface area contributed by atoms with E-state index < -0.39 is 0 Å². The molecule has 0 bridgehead atoms. The molecule has 45 heavy (non-hydrogen) atoms. The molecule has 2 aromatic heterocycles. The Kier molecular flexibility index (Phi) is 5.00. The van der Waals surface area contributed by atoms with Crippen LogP contribution >= 0.6 is 0 Å². The number of benzene rings is 7. The van der Waals surface area contributed by atoms with Crippen molar-refractivity contribution in [3.05, 3.63) is 158 Å². The lowest BCUT2D eigenvalue weighted by Gasteiger charge is -2.20. The summed E-state index contributed by atoms with van der Waals surface area (Å²) in [6.07, 6.45) is 0. The van der Waals surface area contributed by atoms with Crippen molar-refractivity contribution in [1.82, 2.24) is 9.13 Å². The lowest BCUT2D eigenvalue weighted by Crippen LogP contribution is -2.03. The van der Waals surface area contributed by atoms with Gasteiger partial charge in [-0.05, 0) is 70.8 Å². The van der Waals surface area contributed by atoms with E-state index in [4.69, 9.17) is 4.74 Å². The third kappa shape index (κ3) is 3.52. The molecular weight excluding hydrogens is 548 g/mol. The van der Waals surface area contributed by atoms with Crippen LogP contribution < -0.4 is 4.74 Å². The van der Waals surface area contributed by atoms with Crippen LogP contribution in [0.4, 0.5) is 0 Å². The topological polar surface area (TPSA) is 19.1 Å². The molecule has 1 aliphatic rings. The molecule has 3 nitrogen and oxygen atoms in total. The number of nitrogens with zero attached hydrogens (tertiary/aromatic N) is 2. The van der Waals surface area contributed by atoms with Gasteiger partial charge in [0.2, 0.25) is 0 Å². The second-order valence-corrected chi connectivity index (χ2v) is 11.8. The first-order valence-electron chi connectivity index (χ1n) is 15.4. The molecule has 1 aliphatic heterocycles. The molecule has 10 rings (SSSR count). The molecule has 0 saturated carbocycles. The van der Waals surface area contributed by atoms with Crippen molar-refractivity contribution in [2.24, 2.45) is 0 Å². The smallest absolute Gasteiger partial charge is 0.152 e. The van der Waals surface area contributed by atoms with Gasteiger partial charge >= 0.3 is 0 Å². The van der Waals surface area contributed by atoms with E-state index in [1.165, 1.54) is 66.0 Å². The highest BCUT2D eigenvalue weighted by atomic mass is 16.5. The maximum Gasteiger partial charge on any atom is 0.152 e. The van der Waals surface area contributed by atoms with Gasteiger partial charge < -0.3 is 13.9 Å². The third-order valence-corrected chi connectivity index (χ3v) is 9.33. The number of hydrogen-bond acceptors (Lipinski definition) is 1. The average molecular weight is 575 g/mol. The maximum atomic E-state index is 6.29. The Hall–Kier alpha value is -6.06. The Labute approximate surface area is 259 Å². The summed E-state index contributed by atoms with van der Waals surface area (Å²) in [5.41, 5.74) is 11.8. The molecule has 3 heteroatoms. The van der Waals surface area contributed by atoms with Crippen LogP contribution in [0.2, 0.25) is 0 Å². The van der Waals surface area contributed by atoms with E-state index >= 15 is 0 Å². The van der Waals surface area contributed by atoms with Crippen LogP contribution in [0, 0.1) is 0 Å². The predicted octanol–water partition coefficient (Wildman–Crippen LogP) is 11.3. The minimum atomic E-state index is 0.883. The second-order valence-electron chi connectivity index (χ2n) is 11.8. The van der Waals surface area contributed by atoms with Gasteiger partial charge in [-0.25, -0.2) is 0 Å². The highest BCUT2D eigenvalue weighted by molar-refractivity contribution is 6.13. The minimum Gasteiger partial charge on any atom is -0.453 e. The summed E-state index contributed by atoms with van der Waals surface area (Å²) in [6, 6.07) is 56.6. The van der Waals surface area contributed by atoms with Crippen LogP contribution in [0.25, 0.3) is 77.2 Å². The molecule has 0 radical (unpaired) electrons. The minimum absolute atomic E-state index is 0.883. The Morgan fingerprint density at radius 1 is 0.356 bits per heavy atom. The average Bonchev–Trinajstić information content (AvgIpc) is 3.63. The van der Waals surface area contributed by atoms with Crippen molar-refractivity contribution < 1.29 is 4.74 Å². The molecule has 0 unspecified atom stereocenters. The SMILES string of the molecule is c1ccc2c(c1)Oc1cccc3c4ccc(-c5ccc(-c6ccc(-n7c8ccccc8c8ccccc87)cc6)cc5)cc4n-2c13. The highest BCUT2D eigenvalue weighted by Crippen LogP contribution is 2.45. The number of para-hydroxylation sites is 5. The van der Waals surface area contributed by atoms with Gasteiger partial charge in [0.1, 0.15) is 0 Å². The van der Waals surface area contributed by atoms with Crippen molar-refractivity contribution in [2.45, 2.75) is 0 Å². The maximum absolute atomic E-state index is 6.29. The fourth-order valence-corrected chi connectivity index (χ4v) is 7.25. The van der Waals surface area contributed by atoms with Crippen molar-refractivity contribution in [2.75, 3.05) is 0 Å². The molecule has 7 aromatic carbocycles. The van der Waals surface area contributed by atoms with Crippen LogP contribution in [0.3, 0.4) is 0 Å². The van der Waals surface area contributed by atoms with Crippen molar-refractivity contribution in [3.63, 3.8) is 0 Å². The zero-order valence-electron chi connectivity index (χ0n) is 24.3. The molecule has 210 valence electrons. The van der Waals surface area contributed by atoms with Gasteiger partial charge in [0.25, 0.3) is 0 Å². The molecule has 0 saturated heterocycles. The normalized spacial score (nSPS) is 12.2. The van der Waals surface area contributed by atoms with E-state index in [2.05, 4.69) is 155 Å². The summed E-state index contributed by atoms with van der Waals surface area (Å²) >= 11 is 0. The first kappa shape index (κ1) is 24.4. The number of ether oxygens (including phenoxy) is 1. The standard InChI is InChI=1S/C42H26N2O/c1-3-11-36-32(8-1)33-9-2-4-12-37(33)43(36)31-23-20-28(21-24-31)27-16-18-29(19-17-27)30-22-25-34-35-10-7-15-41-42(35)44(39(34)26-30)38-13-5-6-14-40(38)45-41/h1-26H. The van der Waals surface area contributed by atoms with Crippen LogP contribution in [-0.4, -0.2) is 9.13 Å². The van der Waals surface area contributed by atoms with E-state index in [1.54, 1.807) is 0 Å². The van der Waals surface area contributed by atoms with Crippen LogP contribution in [0.5, 0.6) is 11.5 Å². The van der Waals surface area contributed by atoms with E-state index in [-0.39, 0.29) is 0 Å². The van der Waals surface area contributed by atoms with Gasteiger partial charge in [0.05, 0.1) is 27.8 Å². The van der Waals surface area contributed by atoms with E-state index in [1.807, 2.05) is 12.1 Å². The Balaban J connectivity index is 1.03. The predicted molar refractivity (Wildman–Crippen MR) is 186 cm³/mol. The number of aromatic nitrogens is 2. The summed E-state index contributed by atoms with van der Waals surface area (Å²) in [4.78, 5) is 0.